The van der Waals surface area contributed by atoms with Crippen LogP contribution in [0.1, 0.15) is 30.3 Å². The molecule has 0 aliphatic carbocycles. The highest BCUT2D eigenvalue weighted by Gasteiger charge is 2.16. The van der Waals surface area contributed by atoms with E-state index in [1.807, 2.05) is 19.0 Å². The number of hydrogen-bond donors (Lipinski definition) is 2. The van der Waals surface area contributed by atoms with Crippen LogP contribution < -0.4 is 10.6 Å². The third-order valence-electron chi connectivity index (χ3n) is 1.82. The molecule has 0 aromatic carbocycles. The molecule has 0 amide bonds. The van der Waals surface area contributed by atoms with E-state index in [4.69, 9.17) is 11.1 Å². The molecule has 4 nitrogen and oxygen atoms in total. The predicted molar refractivity (Wildman–Crippen MR) is 61.5 cm³/mol. The molecule has 5 heteroatoms. The fourth-order valence-corrected chi connectivity index (χ4v) is 2.10. The van der Waals surface area contributed by atoms with E-state index in [1.165, 1.54) is 11.3 Å². The molecule has 0 unspecified atom stereocenters. The van der Waals surface area contributed by atoms with E-state index in [2.05, 4.69) is 18.8 Å². The van der Waals surface area contributed by atoms with E-state index < -0.39 is 0 Å². The van der Waals surface area contributed by atoms with Crippen LogP contribution in [-0.2, 0) is 0 Å². The SMILES string of the molecule is CC(C)c1nc(N(C)C)sc1C(=N)N. The Balaban J connectivity index is 3.19. The summed E-state index contributed by atoms with van der Waals surface area (Å²) in [6.07, 6.45) is 0. The topological polar surface area (TPSA) is 66.0 Å². The van der Waals surface area contributed by atoms with Crippen LogP contribution in [0, 0.1) is 5.41 Å². The van der Waals surface area contributed by atoms with Crippen LogP contribution in [0.5, 0.6) is 0 Å². The molecule has 1 aromatic heterocycles. The quantitative estimate of drug-likeness (QED) is 0.591. The molecule has 0 saturated heterocycles. The van der Waals surface area contributed by atoms with E-state index in [1.54, 1.807) is 0 Å². The molecule has 0 radical (unpaired) electrons. The third kappa shape index (κ3) is 2.04. The van der Waals surface area contributed by atoms with Gasteiger partial charge in [0, 0.05) is 14.1 Å². The zero-order valence-corrected chi connectivity index (χ0v) is 9.77. The fraction of sp³-hybridized carbons (Fsp3) is 0.556. The summed E-state index contributed by atoms with van der Waals surface area (Å²) in [5.41, 5.74) is 6.42. The van der Waals surface area contributed by atoms with Gasteiger partial charge < -0.3 is 10.6 Å². The lowest BCUT2D eigenvalue weighted by Gasteiger charge is -2.05. The number of nitrogen functional groups attached to an aromatic ring is 1. The summed E-state index contributed by atoms with van der Waals surface area (Å²) in [6, 6.07) is 0. The van der Waals surface area contributed by atoms with Gasteiger partial charge in [-0.05, 0) is 5.92 Å². The van der Waals surface area contributed by atoms with E-state index in [-0.39, 0.29) is 5.84 Å². The van der Waals surface area contributed by atoms with Gasteiger partial charge in [0.25, 0.3) is 0 Å². The number of nitrogens with two attached hydrogens (primary N) is 1. The van der Waals surface area contributed by atoms with E-state index in [0.717, 1.165) is 15.7 Å². The van der Waals surface area contributed by atoms with Crippen molar-refractivity contribution >= 4 is 22.3 Å². The fourth-order valence-electron chi connectivity index (χ4n) is 1.10. The summed E-state index contributed by atoms with van der Waals surface area (Å²) in [7, 11) is 3.87. The zero-order chi connectivity index (χ0) is 10.9. The highest BCUT2D eigenvalue weighted by Crippen LogP contribution is 2.29. The summed E-state index contributed by atoms with van der Waals surface area (Å²) in [6.45, 7) is 4.11. The summed E-state index contributed by atoms with van der Waals surface area (Å²) >= 11 is 1.47. The number of thiazole rings is 1. The first kappa shape index (κ1) is 11.0. The van der Waals surface area contributed by atoms with Crippen molar-refractivity contribution in [1.29, 1.82) is 5.41 Å². The van der Waals surface area contributed by atoms with Gasteiger partial charge in [0.1, 0.15) is 5.84 Å². The molecular weight excluding hydrogens is 196 g/mol. The van der Waals surface area contributed by atoms with Gasteiger partial charge in [0.2, 0.25) is 0 Å². The normalized spacial score (nSPS) is 10.6. The first-order valence-electron chi connectivity index (χ1n) is 4.46. The van der Waals surface area contributed by atoms with Crippen LogP contribution in [0.3, 0.4) is 0 Å². The molecule has 0 aliphatic rings. The Morgan fingerprint density at radius 2 is 2.07 bits per heavy atom. The number of anilines is 1. The number of nitrogens with zero attached hydrogens (tertiary/aromatic N) is 2. The minimum atomic E-state index is 0.110. The van der Waals surface area contributed by atoms with Crippen molar-refractivity contribution in [2.24, 2.45) is 5.73 Å². The molecule has 1 aromatic rings. The van der Waals surface area contributed by atoms with Crippen LogP contribution in [0.4, 0.5) is 5.13 Å². The Labute approximate surface area is 88.3 Å². The lowest BCUT2D eigenvalue weighted by atomic mass is 10.1. The van der Waals surface area contributed by atoms with Crippen molar-refractivity contribution in [3.05, 3.63) is 10.6 Å². The zero-order valence-electron chi connectivity index (χ0n) is 8.96. The second kappa shape index (κ2) is 3.96. The van der Waals surface area contributed by atoms with Gasteiger partial charge in [-0.3, -0.25) is 5.41 Å². The van der Waals surface area contributed by atoms with Gasteiger partial charge in [-0.15, -0.1) is 0 Å². The van der Waals surface area contributed by atoms with Crippen molar-refractivity contribution < 1.29 is 0 Å². The molecule has 0 bridgehead atoms. The number of nitrogens with one attached hydrogen (secondary N) is 1. The summed E-state index contributed by atoms with van der Waals surface area (Å²) < 4.78 is 0. The molecule has 1 rings (SSSR count). The number of aromatic nitrogens is 1. The smallest absolute Gasteiger partial charge is 0.185 e. The molecule has 0 spiro atoms. The van der Waals surface area contributed by atoms with Crippen molar-refractivity contribution in [1.82, 2.24) is 4.98 Å². The maximum Gasteiger partial charge on any atom is 0.185 e. The number of amidine groups is 1. The van der Waals surface area contributed by atoms with E-state index >= 15 is 0 Å². The van der Waals surface area contributed by atoms with E-state index in [0.29, 0.717) is 5.92 Å². The molecule has 3 N–H and O–H groups in total. The Morgan fingerprint density at radius 1 is 1.50 bits per heavy atom. The van der Waals surface area contributed by atoms with Crippen molar-refractivity contribution in [2.45, 2.75) is 19.8 Å². The van der Waals surface area contributed by atoms with Gasteiger partial charge in [0.15, 0.2) is 5.13 Å². The van der Waals surface area contributed by atoms with Gasteiger partial charge in [-0.25, -0.2) is 4.98 Å². The monoisotopic (exact) mass is 212 g/mol. The largest absolute Gasteiger partial charge is 0.383 e. The molecule has 0 aliphatic heterocycles. The Morgan fingerprint density at radius 3 is 2.36 bits per heavy atom. The van der Waals surface area contributed by atoms with Crippen LogP contribution in [0.15, 0.2) is 0 Å². The number of hydrogen-bond acceptors (Lipinski definition) is 4. The summed E-state index contributed by atoms with van der Waals surface area (Å²) in [5, 5.41) is 8.36. The average molecular weight is 212 g/mol. The minimum Gasteiger partial charge on any atom is -0.383 e. The minimum absolute atomic E-state index is 0.110. The second-order valence-electron chi connectivity index (χ2n) is 3.67. The molecule has 14 heavy (non-hydrogen) atoms. The van der Waals surface area contributed by atoms with Crippen LogP contribution in [-0.4, -0.2) is 24.9 Å². The van der Waals surface area contributed by atoms with E-state index in [9.17, 15) is 0 Å². The summed E-state index contributed by atoms with van der Waals surface area (Å²) in [5.74, 6) is 0.415. The lowest BCUT2D eigenvalue weighted by Crippen LogP contribution is -2.12. The van der Waals surface area contributed by atoms with Crippen molar-refractivity contribution in [3.63, 3.8) is 0 Å². The first-order chi connectivity index (χ1) is 6.43. The molecular formula is C9H16N4S. The van der Waals surface area contributed by atoms with Gasteiger partial charge in [-0.2, -0.15) is 0 Å². The Hall–Kier alpha value is -1.10. The number of rotatable bonds is 3. The molecule has 1 heterocycles. The van der Waals surface area contributed by atoms with Gasteiger partial charge in [-0.1, -0.05) is 25.2 Å². The van der Waals surface area contributed by atoms with Crippen LogP contribution in [0.25, 0.3) is 0 Å². The maximum absolute atomic E-state index is 7.45. The summed E-state index contributed by atoms with van der Waals surface area (Å²) in [4.78, 5) is 7.18. The maximum atomic E-state index is 7.45. The Bertz CT molecular complexity index is 341. The highest BCUT2D eigenvalue weighted by molar-refractivity contribution is 7.17. The lowest BCUT2D eigenvalue weighted by molar-refractivity contribution is 0.827. The highest BCUT2D eigenvalue weighted by atomic mass is 32.1. The predicted octanol–water partition coefficient (Wildman–Crippen LogP) is 1.62. The van der Waals surface area contributed by atoms with Crippen molar-refractivity contribution in [3.8, 4) is 0 Å². The average Bonchev–Trinajstić information content (AvgIpc) is 2.47. The van der Waals surface area contributed by atoms with Crippen molar-refractivity contribution in [2.75, 3.05) is 19.0 Å². The molecule has 0 saturated carbocycles. The van der Waals surface area contributed by atoms with Crippen LogP contribution in [0.2, 0.25) is 0 Å². The van der Waals surface area contributed by atoms with Gasteiger partial charge >= 0.3 is 0 Å². The standard InChI is InChI=1S/C9H16N4S/c1-5(2)6-7(8(10)11)14-9(12-6)13(3)4/h5H,1-4H3,(H3,10,11). The van der Waals surface area contributed by atoms with Crippen LogP contribution >= 0.6 is 11.3 Å². The Kier molecular flexibility index (Phi) is 3.10. The molecule has 0 fully saturated rings. The first-order valence-corrected chi connectivity index (χ1v) is 5.27. The molecule has 78 valence electrons. The third-order valence-corrected chi connectivity index (χ3v) is 3.09. The second-order valence-corrected chi connectivity index (χ2v) is 4.65. The molecule has 0 atom stereocenters. The van der Waals surface area contributed by atoms with Gasteiger partial charge in [0.05, 0.1) is 10.6 Å².